The number of aromatic nitrogens is 2. The second-order valence-electron chi connectivity index (χ2n) is 3.17. The molecule has 15 heavy (non-hydrogen) atoms. The summed E-state index contributed by atoms with van der Waals surface area (Å²) in [7, 11) is 1.49. The fraction of sp³-hybridized carbons (Fsp3) is 0.100. The lowest BCUT2D eigenvalue weighted by molar-refractivity contribution is 0.438. The highest BCUT2D eigenvalue weighted by molar-refractivity contribution is 5.36. The maximum atomic E-state index is 13.4. The molecule has 78 valence electrons. The van der Waals surface area contributed by atoms with Gasteiger partial charge in [-0.25, -0.2) is 13.8 Å². The zero-order valence-corrected chi connectivity index (χ0v) is 8.01. The SMILES string of the molecule is Cn1cc(O)n(-c2ccccc2F)c1=O. The molecule has 0 aliphatic heterocycles. The first-order chi connectivity index (χ1) is 7.11. The van der Waals surface area contributed by atoms with Crippen molar-refractivity contribution in [1.82, 2.24) is 9.13 Å². The average molecular weight is 208 g/mol. The van der Waals surface area contributed by atoms with Gasteiger partial charge in [-0.3, -0.25) is 4.57 Å². The Labute approximate surface area is 84.8 Å². The molecule has 0 bridgehead atoms. The number of aromatic hydroxyl groups is 1. The first kappa shape index (κ1) is 9.51. The van der Waals surface area contributed by atoms with Gasteiger partial charge in [0.05, 0.1) is 11.9 Å². The maximum Gasteiger partial charge on any atom is 0.335 e. The number of imidazole rings is 1. The molecule has 0 saturated carbocycles. The quantitative estimate of drug-likeness (QED) is 0.760. The van der Waals surface area contributed by atoms with Gasteiger partial charge in [-0.05, 0) is 12.1 Å². The van der Waals surface area contributed by atoms with E-state index in [0.717, 1.165) is 4.57 Å². The minimum Gasteiger partial charge on any atom is -0.493 e. The maximum absolute atomic E-state index is 13.4. The normalized spacial score (nSPS) is 10.5. The second kappa shape index (κ2) is 3.27. The van der Waals surface area contributed by atoms with Crippen LogP contribution < -0.4 is 5.69 Å². The number of halogens is 1. The molecular formula is C10H9FN2O2. The molecule has 1 heterocycles. The van der Waals surface area contributed by atoms with Crippen molar-refractivity contribution >= 4 is 0 Å². The molecule has 0 unspecified atom stereocenters. The molecule has 0 radical (unpaired) electrons. The summed E-state index contributed by atoms with van der Waals surface area (Å²) in [5.41, 5.74) is -0.446. The Bertz CT molecular complexity index is 557. The van der Waals surface area contributed by atoms with Gasteiger partial charge in [-0.2, -0.15) is 0 Å². The van der Waals surface area contributed by atoms with Crippen molar-refractivity contribution in [2.45, 2.75) is 0 Å². The van der Waals surface area contributed by atoms with Gasteiger partial charge in [0.15, 0.2) is 0 Å². The van der Waals surface area contributed by atoms with E-state index in [0.29, 0.717) is 0 Å². The lowest BCUT2D eigenvalue weighted by Crippen LogP contribution is -2.21. The van der Waals surface area contributed by atoms with E-state index in [1.165, 1.54) is 36.0 Å². The van der Waals surface area contributed by atoms with Gasteiger partial charge in [0.25, 0.3) is 0 Å². The molecule has 0 aliphatic rings. The molecule has 0 atom stereocenters. The zero-order valence-electron chi connectivity index (χ0n) is 8.01. The minimum atomic E-state index is -0.555. The van der Waals surface area contributed by atoms with Gasteiger partial charge >= 0.3 is 5.69 Å². The molecule has 4 nitrogen and oxygen atoms in total. The molecule has 0 spiro atoms. The minimum absolute atomic E-state index is 0.0422. The van der Waals surface area contributed by atoms with Crippen LogP contribution in [0.25, 0.3) is 5.69 Å². The molecule has 0 aliphatic carbocycles. The second-order valence-corrected chi connectivity index (χ2v) is 3.17. The summed E-state index contributed by atoms with van der Waals surface area (Å²) in [6.07, 6.45) is 1.23. The average Bonchev–Trinajstić information content (AvgIpc) is 2.43. The monoisotopic (exact) mass is 208 g/mol. The molecule has 2 rings (SSSR count). The number of benzene rings is 1. The third-order valence-corrected chi connectivity index (χ3v) is 2.12. The topological polar surface area (TPSA) is 47.2 Å². The molecule has 0 amide bonds. The molecule has 1 aromatic heterocycles. The number of aryl methyl sites for hydroxylation is 1. The van der Waals surface area contributed by atoms with E-state index in [9.17, 15) is 14.3 Å². The smallest absolute Gasteiger partial charge is 0.335 e. The standard InChI is InChI=1S/C10H9FN2O2/c1-12-6-9(14)13(10(12)15)8-5-3-2-4-7(8)11/h2-6,14H,1H3. The van der Waals surface area contributed by atoms with Crippen molar-refractivity contribution in [1.29, 1.82) is 0 Å². The van der Waals surface area contributed by atoms with Gasteiger partial charge in [0.2, 0.25) is 5.88 Å². The summed E-state index contributed by atoms with van der Waals surface area (Å²) in [6.45, 7) is 0. The Balaban J connectivity index is 2.75. The molecule has 2 aromatic rings. The van der Waals surface area contributed by atoms with Crippen LogP contribution in [0.15, 0.2) is 35.3 Å². The third kappa shape index (κ3) is 1.41. The molecule has 0 saturated heterocycles. The van der Waals surface area contributed by atoms with Gasteiger partial charge < -0.3 is 5.11 Å². The number of hydrogen-bond donors (Lipinski definition) is 1. The van der Waals surface area contributed by atoms with Crippen LogP contribution in [0.1, 0.15) is 0 Å². The van der Waals surface area contributed by atoms with E-state index in [4.69, 9.17) is 0 Å². The van der Waals surface area contributed by atoms with Gasteiger partial charge in [-0.15, -0.1) is 0 Å². The van der Waals surface area contributed by atoms with E-state index in [2.05, 4.69) is 0 Å². The highest BCUT2D eigenvalue weighted by atomic mass is 19.1. The predicted octanol–water partition coefficient (Wildman–Crippen LogP) is 1.02. The van der Waals surface area contributed by atoms with Gasteiger partial charge in [-0.1, -0.05) is 12.1 Å². The highest BCUT2D eigenvalue weighted by Crippen LogP contribution is 2.16. The summed E-state index contributed by atoms with van der Waals surface area (Å²) >= 11 is 0. The fourth-order valence-corrected chi connectivity index (χ4v) is 1.40. The number of para-hydroxylation sites is 1. The van der Waals surface area contributed by atoms with Crippen LogP contribution in [0, 0.1) is 5.82 Å². The van der Waals surface area contributed by atoms with Gasteiger partial charge in [0.1, 0.15) is 5.82 Å². The van der Waals surface area contributed by atoms with Crippen LogP contribution >= 0.6 is 0 Å². The Morgan fingerprint density at radius 1 is 1.33 bits per heavy atom. The van der Waals surface area contributed by atoms with Crippen molar-refractivity contribution < 1.29 is 9.50 Å². The summed E-state index contributed by atoms with van der Waals surface area (Å²) in [5, 5.41) is 9.47. The summed E-state index contributed by atoms with van der Waals surface area (Å²) in [4.78, 5) is 11.5. The van der Waals surface area contributed by atoms with Gasteiger partial charge in [0, 0.05) is 7.05 Å². The molecule has 5 heteroatoms. The van der Waals surface area contributed by atoms with E-state index in [1.807, 2.05) is 0 Å². The number of hydrogen-bond acceptors (Lipinski definition) is 2. The first-order valence-corrected chi connectivity index (χ1v) is 4.33. The van der Waals surface area contributed by atoms with E-state index in [-0.39, 0.29) is 11.6 Å². The van der Waals surface area contributed by atoms with Crippen molar-refractivity contribution in [3.8, 4) is 11.6 Å². The number of rotatable bonds is 1. The lowest BCUT2D eigenvalue weighted by Gasteiger charge is -2.03. The van der Waals surface area contributed by atoms with E-state index in [1.54, 1.807) is 6.07 Å². The number of nitrogens with zero attached hydrogens (tertiary/aromatic N) is 2. The molecule has 1 aromatic carbocycles. The van der Waals surface area contributed by atoms with E-state index >= 15 is 0 Å². The molecular weight excluding hydrogens is 199 g/mol. The third-order valence-electron chi connectivity index (χ3n) is 2.12. The Morgan fingerprint density at radius 3 is 2.53 bits per heavy atom. The van der Waals surface area contributed by atoms with Crippen molar-refractivity contribution in [3.05, 3.63) is 46.8 Å². The van der Waals surface area contributed by atoms with Crippen LogP contribution in [0.2, 0.25) is 0 Å². The van der Waals surface area contributed by atoms with Crippen LogP contribution in [-0.4, -0.2) is 14.2 Å². The van der Waals surface area contributed by atoms with Crippen molar-refractivity contribution in [3.63, 3.8) is 0 Å². The van der Waals surface area contributed by atoms with Crippen LogP contribution in [0.4, 0.5) is 4.39 Å². The fourth-order valence-electron chi connectivity index (χ4n) is 1.40. The highest BCUT2D eigenvalue weighted by Gasteiger charge is 2.12. The summed E-state index contributed by atoms with van der Waals surface area (Å²) in [5.74, 6) is -0.839. The van der Waals surface area contributed by atoms with Crippen molar-refractivity contribution in [2.24, 2.45) is 7.05 Å². The summed E-state index contributed by atoms with van der Waals surface area (Å²) in [6, 6.07) is 5.77. The Kier molecular flexibility index (Phi) is 2.07. The van der Waals surface area contributed by atoms with Crippen LogP contribution in [-0.2, 0) is 7.05 Å². The lowest BCUT2D eigenvalue weighted by atomic mass is 10.3. The molecule has 0 fully saturated rings. The Hall–Kier alpha value is -2.04. The Morgan fingerprint density at radius 2 is 2.00 bits per heavy atom. The molecule has 1 N–H and O–H groups in total. The zero-order chi connectivity index (χ0) is 11.0. The van der Waals surface area contributed by atoms with Crippen LogP contribution in [0.3, 0.4) is 0 Å². The summed E-state index contributed by atoms with van der Waals surface area (Å²) < 4.78 is 15.5. The van der Waals surface area contributed by atoms with E-state index < -0.39 is 11.5 Å². The predicted molar refractivity (Wildman–Crippen MR) is 52.6 cm³/mol. The largest absolute Gasteiger partial charge is 0.493 e. The van der Waals surface area contributed by atoms with Crippen LogP contribution in [0.5, 0.6) is 5.88 Å². The first-order valence-electron chi connectivity index (χ1n) is 4.33. The van der Waals surface area contributed by atoms with Crippen molar-refractivity contribution in [2.75, 3.05) is 0 Å².